The van der Waals surface area contributed by atoms with Crippen LogP contribution in [0.3, 0.4) is 0 Å². The highest BCUT2D eigenvalue weighted by atomic mass is 16.5. The molecule has 5 nitrogen and oxygen atoms in total. The summed E-state index contributed by atoms with van der Waals surface area (Å²) in [6, 6.07) is 20.3. The topological polar surface area (TPSA) is 66.8 Å². The molecule has 3 aromatic rings. The van der Waals surface area contributed by atoms with E-state index in [-0.39, 0.29) is 17.4 Å². The van der Waals surface area contributed by atoms with Gasteiger partial charge in [0.2, 0.25) is 0 Å². The van der Waals surface area contributed by atoms with E-state index in [0.29, 0.717) is 12.2 Å². The Balaban J connectivity index is 1.66. The number of benzene rings is 3. The summed E-state index contributed by atoms with van der Waals surface area (Å²) in [5.41, 5.74) is 1.53. The summed E-state index contributed by atoms with van der Waals surface area (Å²) in [6.45, 7) is 2.68. The van der Waals surface area contributed by atoms with Gasteiger partial charge in [0.25, 0.3) is 11.7 Å². The summed E-state index contributed by atoms with van der Waals surface area (Å²) in [4.78, 5) is 28.4. The second-order valence-electron chi connectivity index (χ2n) is 9.09. The zero-order valence-electron chi connectivity index (χ0n) is 19.4. The van der Waals surface area contributed by atoms with Crippen molar-refractivity contribution in [3.05, 3.63) is 83.4 Å². The maximum atomic E-state index is 13.4. The van der Waals surface area contributed by atoms with E-state index < -0.39 is 17.7 Å². The Morgan fingerprint density at radius 3 is 2.41 bits per heavy atom. The molecule has 2 fully saturated rings. The first-order valence-electron chi connectivity index (χ1n) is 12.1. The van der Waals surface area contributed by atoms with Gasteiger partial charge in [-0.15, -0.1) is 0 Å². The Hall–Kier alpha value is -3.60. The zero-order valence-corrected chi connectivity index (χ0v) is 19.4. The molecule has 5 rings (SSSR count). The number of nitrogens with zero attached hydrogens (tertiary/aromatic N) is 1. The number of carbonyl (C=O) groups excluding carboxylic acids is 2. The minimum absolute atomic E-state index is 0.00437. The van der Waals surface area contributed by atoms with E-state index in [9.17, 15) is 14.7 Å². The van der Waals surface area contributed by atoms with Crippen LogP contribution in [-0.2, 0) is 9.59 Å². The van der Waals surface area contributed by atoms with Crippen molar-refractivity contribution < 1.29 is 19.4 Å². The third-order valence-corrected chi connectivity index (χ3v) is 6.91. The van der Waals surface area contributed by atoms with E-state index >= 15 is 0 Å². The molecule has 0 radical (unpaired) electrons. The number of aliphatic hydroxyl groups is 1. The van der Waals surface area contributed by atoms with E-state index in [1.807, 2.05) is 60.7 Å². The molecule has 5 heteroatoms. The first-order valence-corrected chi connectivity index (χ1v) is 12.1. The van der Waals surface area contributed by atoms with Crippen molar-refractivity contribution in [2.75, 3.05) is 6.61 Å². The molecule has 1 saturated heterocycles. The Kier molecular flexibility index (Phi) is 6.10. The lowest BCUT2D eigenvalue weighted by Crippen LogP contribution is -2.37. The van der Waals surface area contributed by atoms with Crippen LogP contribution in [0.2, 0.25) is 0 Å². The first kappa shape index (κ1) is 22.2. The van der Waals surface area contributed by atoms with Gasteiger partial charge in [-0.3, -0.25) is 9.59 Å². The van der Waals surface area contributed by atoms with E-state index in [4.69, 9.17) is 4.74 Å². The Bertz CT molecular complexity index is 1250. The van der Waals surface area contributed by atoms with E-state index in [0.717, 1.165) is 54.2 Å². The first-order chi connectivity index (χ1) is 16.6. The van der Waals surface area contributed by atoms with Crippen molar-refractivity contribution in [1.29, 1.82) is 0 Å². The number of hydrogen-bond donors (Lipinski definition) is 1. The fraction of sp³-hybridized carbons (Fsp3) is 0.310. The standard InChI is InChI=1S/C29H29NO4/c1-2-18-34-22-16-14-20(15-17-22)26-25(28(32)29(33)30(26)21-10-4-5-11-21)27(31)24-13-7-9-19-8-3-6-12-23(19)24/h3,6-9,12-17,21,26,31H,2,4-5,10-11,18H2,1H3/b27-25-. The highest BCUT2D eigenvalue weighted by Gasteiger charge is 2.49. The van der Waals surface area contributed by atoms with Gasteiger partial charge in [-0.1, -0.05) is 74.4 Å². The van der Waals surface area contributed by atoms with Crippen molar-refractivity contribution in [3.8, 4) is 5.75 Å². The van der Waals surface area contributed by atoms with Crippen LogP contribution in [0.15, 0.2) is 72.3 Å². The molecule has 34 heavy (non-hydrogen) atoms. The number of ketones is 1. The number of ether oxygens (including phenoxy) is 1. The molecular formula is C29H29NO4. The number of aliphatic hydroxyl groups excluding tert-OH is 1. The third-order valence-electron chi connectivity index (χ3n) is 6.91. The third kappa shape index (κ3) is 3.85. The molecule has 1 amide bonds. The summed E-state index contributed by atoms with van der Waals surface area (Å²) >= 11 is 0. The van der Waals surface area contributed by atoms with Crippen LogP contribution >= 0.6 is 0 Å². The van der Waals surface area contributed by atoms with Crippen molar-refractivity contribution in [2.45, 2.75) is 51.1 Å². The summed E-state index contributed by atoms with van der Waals surface area (Å²) in [7, 11) is 0. The molecule has 3 aromatic carbocycles. The average Bonchev–Trinajstić information content (AvgIpc) is 3.49. The summed E-state index contributed by atoms with van der Waals surface area (Å²) in [5, 5.41) is 13.3. The molecular weight excluding hydrogens is 426 g/mol. The van der Waals surface area contributed by atoms with Gasteiger partial charge in [-0.2, -0.15) is 0 Å². The number of Topliss-reactive ketones (excluding diaryl/α,β-unsaturated/α-hetero) is 1. The van der Waals surface area contributed by atoms with Gasteiger partial charge < -0.3 is 14.7 Å². The largest absolute Gasteiger partial charge is 0.507 e. The molecule has 1 unspecified atom stereocenters. The van der Waals surface area contributed by atoms with Crippen LogP contribution in [0.25, 0.3) is 16.5 Å². The van der Waals surface area contributed by atoms with Gasteiger partial charge in [0.1, 0.15) is 11.5 Å². The minimum atomic E-state index is -0.623. The van der Waals surface area contributed by atoms with E-state index in [1.165, 1.54) is 0 Å². The molecule has 2 aliphatic rings. The maximum absolute atomic E-state index is 13.4. The lowest BCUT2D eigenvalue weighted by atomic mass is 9.93. The van der Waals surface area contributed by atoms with Crippen LogP contribution in [0, 0.1) is 0 Å². The molecule has 1 aliphatic heterocycles. The molecule has 0 spiro atoms. The van der Waals surface area contributed by atoms with Crippen LogP contribution in [-0.4, -0.2) is 34.3 Å². The summed E-state index contributed by atoms with van der Waals surface area (Å²) < 4.78 is 5.72. The van der Waals surface area contributed by atoms with Crippen LogP contribution < -0.4 is 4.74 Å². The average molecular weight is 456 g/mol. The SMILES string of the molecule is CCCOc1ccc(C2/C(=C(/O)c3cccc4ccccc34)C(=O)C(=O)N2C2CCCC2)cc1. The zero-order chi connectivity index (χ0) is 23.7. The summed E-state index contributed by atoms with van der Waals surface area (Å²) in [6.07, 6.45) is 4.72. The fourth-order valence-corrected chi connectivity index (χ4v) is 5.28. The molecule has 1 aliphatic carbocycles. The molecule has 1 N–H and O–H groups in total. The maximum Gasteiger partial charge on any atom is 0.295 e. The summed E-state index contributed by atoms with van der Waals surface area (Å²) in [5.74, 6) is -0.511. The highest BCUT2D eigenvalue weighted by molar-refractivity contribution is 6.46. The lowest BCUT2D eigenvalue weighted by Gasteiger charge is -2.31. The molecule has 0 aromatic heterocycles. The Morgan fingerprint density at radius 1 is 0.971 bits per heavy atom. The quantitative estimate of drug-likeness (QED) is 0.282. The number of likely N-dealkylation sites (tertiary alicyclic amines) is 1. The number of fused-ring (bicyclic) bond motifs is 1. The number of rotatable bonds is 6. The lowest BCUT2D eigenvalue weighted by molar-refractivity contribution is -0.141. The second kappa shape index (κ2) is 9.34. The van der Waals surface area contributed by atoms with Gasteiger partial charge in [0.05, 0.1) is 18.2 Å². The Morgan fingerprint density at radius 2 is 1.68 bits per heavy atom. The van der Waals surface area contributed by atoms with Crippen molar-refractivity contribution in [1.82, 2.24) is 4.90 Å². The predicted octanol–water partition coefficient (Wildman–Crippen LogP) is 5.99. The Labute approximate surface area is 199 Å². The number of hydrogen-bond acceptors (Lipinski definition) is 4. The van der Waals surface area contributed by atoms with Gasteiger partial charge in [0, 0.05) is 11.6 Å². The molecule has 1 atom stereocenters. The minimum Gasteiger partial charge on any atom is -0.507 e. The van der Waals surface area contributed by atoms with Crippen LogP contribution in [0.1, 0.15) is 56.2 Å². The highest BCUT2D eigenvalue weighted by Crippen LogP contribution is 2.44. The number of amides is 1. The number of carbonyl (C=O) groups is 2. The van der Waals surface area contributed by atoms with Crippen molar-refractivity contribution >= 4 is 28.2 Å². The molecule has 174 valence electrons. The monoisotopic (exact) mass is 455 g/mol. The van der Waals surface area contributed by atoms with E-state index in [2.05, 4.69) is 6.92 Å². The van der Waals surface area contributed by atoms with E-state index in [1.54, 1.807) is 11.0 Å². The normalized spacial score (nSPS) is 20.4. The van der Waals surface area contributed by atoms with Gasteiger partial charge >= 0.3 is 0 Å². The van der Waals surface area contributed by atoms with Crippen LogP contribution in [0.4, 0.5) is 0 Å². The smallest absolute Gasteiger partial charge is 0.295 e. The molecule has 0 bridgehead atoms. The van der Waals surface area contributed by atoms with Gasteiger partial charge in [-0.05, 0) is 47.7 Å². The fourth-order valence-electron chi connectivity index (χ4n) is 5.28. The van der Waals surface area contributed by atoms with Crippen molar-refractivity contribution in [3.63, 3.8) is 0 Å². The molecule has 1 saturated carbocycles. The second-order valence-corrected chi connectivity index (χ2v) is 9.09. The molecule has 1 heterocycles. The van der Waals surface area contributed by atoms with Gasteiger partial charge in [-0.25, -0.2) is 0 Å². The predicted molar refractivity (Wildman–Crippen MR) is 133 cm³/mol. The van der Waals surface area contributed by atoms with Gasteiger partial charge in [0.15, 0.2) is 0 Å². The van der Waals surface area contributed by atoms with Crippen LogP contribution in [0.5, 0.6) is 5.75 Å². The van der Waals surface area contributed by atoms with Crippen molar-refractivity contribution in [2.24, 2.45) is 0 Å².